The lowest BCUT2D eigenvalue weighted by atomic mass is 9.76. The Bertz CT molecular complexity index is 1280. The number of carbonyl (C=O) groups is 2. The van der Waals surface area contributed by atoms with Gasteiger partial charge in [-0.3, -0.25) is 9.59 Å². The number of hydrogen-bond donors (Lipinski definition) is 3. The third-order valence-corrected chi connectivity index (χ3v) is 8.70. The fourth-order valence-corrected chi connectivity index (χ4v) is 6.36. The van der Waals surface area contributed by atoms with Gasteiger partial charge in [-0.15, -0.1) is 11.3 Å². The van der Waals surface area contributed by atoms with Gasteiger partial charge in [0.15, 0.2) is 10.9 Å². The summed E-state index contributed by atoms with van der Waals surface area (Å²) in [6.07, 6.45) is 4.04. The predicted molar refractivity (Wildman–Crippen MR) is 157 cm³/mol. The zero-order valence-corrected chi connectivity index (χ0v) is 23.3. The maximum atomic E-state index is 13.9. The molecule has 0 bridgehead atoms. The van der Waals surface area contributed by atoms with E-state index in [4.69, 9.17) is 4.98 Å². The molecule has 0 atom stereocenters. The second kappa shape index (κ2) is 12.3. The van der Waals surface area contributed by atoms with Crippen LogP contribution in [-0.4, -0.2) is 78.6 Å². The third-order valence-electron chi connectivity index (χ3n) is 7.80. The summed E-state index contributed by atoms with van der Waals surface area (Å²) in [6.45, 7) is 4.35. The van der Waals surface area contributed by atoms with Crippen LogP contribution in [0.15, 0.2) is 53.9 Å². The van der Waals surface area contributed by atoms with E-state index in [1.807, 2.05) is 42.5 Å². The summed E-state index contributed by atoms with van der Waals surface area (Å²) in [5.41, 5.74) is 2.68. The lowest BCUT2D eigenvalue weighted by Gasteiger charge is -2.37. The molecule has 1 aliphatic carbocycles. The van der Waals surface area contributed by atoms with Crippen LogP contribution >= 0.6 is 11.3 Å². The highest BCUT2D eigenvalue weighted by molar-refractivity contribution is 7.14. The van der Waals surface area contributed by atoms with Gasteiger partial charge < -0.3 is 25.5 Å². The maximum absolute atomic E-state index is 13.9. The van der Waals surface area contributed by atoms with Crippen molar-refractivity contribution < 1.29 is 14.7 Å². The number of benzene rings is 2. The van der Waals surface area contributed by atoms with E-state index in [9.17, 15) is 14.7 Å². The first-order valence-electron chi connectivity index (χ1n) is 13.8. The normalized spacial score (nSPS) is 17.5. The van der Waals surface area contributed by atoms with Crippen LogP contribution in [0, 0.1) is 0 Å². The van der Waals surface area contributed by atoms with Crippen LogP contribution < -0.4 is 15.5 Å². The van der Waals surface area contributed by atoms with Crippen LogP contribution in [0.25, 0.3) is 11.3 Å². The predicted octanol–water partition coefficient (Wildman–Crippen LogP) is 4.28. The monoisotopic (exact) mass is 547 g/mol. The maximum Gasteiger partial charge on any atom is 0.252 e. The number of carbonyl (C=O) groups excluding carboxylic acids is 2. The molecule has 8 nitrogen and oxygen atoms in total. The molecule has 3 aromatic rings. The number of aliphatic hydroxyl groups is 1. The van der Waals surface area contributed by atoms with E-state index in [-0.39, 0.29) is 18.3 Å². The molecule has 0 radical (unpaired) electrons. The molecular formula is C30H37N5O3S. The molecule has 2 aliphatic rings. The summed E-state index contributed by atoms with van der Waals surface area (Å²) < 4.78 is 0. The quantitative estimate of drug-likeness (QED) is 0.344. The molecule has 5 rings (SSSR count). The smallest absolute Gasteiger partial charge is 0.252 e. The Labute approximate surface area is 234 Å². The van der Waals surface area contributed by atoms with Gasteiger partial charge in [-0.25, -0.2) is 4.98 Å². The number of hydrogen-bond acceptors (Lipinski definition) is 8. The number of Topliss-reactive ketones (excluding diaryl/α,β-unsaturated/α-hetero) is 1. The van der Waals surface area contributed by atoms with E-state index in [0.29, 0.717) is 36.2 Å². The molecular weight excluding hydrogens is 510 g/mol. The number of amides is 1. The average Bonchev–Trinajstić information content (AvgIpc) is 3.47. The highest BCUT2D eigenvalue weighted by Gasteiger charge is 2.42. The van der Waals surface area contributed by atoms with E-state index >= 15 is 0 Å². The first-order valence-corrected chi connectivity index (χ1v) is 14.7. The number of rotatable bonds is 9. The molecule has 2 heterocycles. The Morgan fingerprint density at radius 2 is 1.72 bits per heavy atom. The van der Waals surface area contributed by atoms with Crippen molar-refractivity contribution in [1.82, 2.24) is 15.2 Å². The molecule has 206 valence electrons. The topological polar surface area (TPSA) is 97.8 Å². The molecule has 1 aliphatic heterocycles. The highest BCUT2D eigenvalue weighted by Crippen LogP contribution is 2.34. The summed E-state index contributed by atoms with van der Waals surface area (Å²) >= 11 is 1.65. The summed E-state index contributed by atoms with van der Waals surface area (Å²) in [6, 6.07) is 14.8. The molecule has 2 fully saturated rings. The summed E-state index contributed by atoms with van der Waals surface area (Å²) in [5.74, 6) is -0.318. The first kappa shape index (κ1) is 27.3. The fourth-order valence-electron chi connectivity index (χ4n) is 5.47. The van der Waals surface area contributed by atoms with Crippen LogP contribution in [0.5, 0.6) is 0 Å². The van der Waals surface area contributed by atoms with Crippen molar-refractivity contribution in [2.75, 3.05) is 56.6 Å². The average molecular weight is 548 g/mol. The van der Waals surface area contributed by atoms with E-state index < -0.39 is 5.54 Å². The number of nitrogens with zero attached hydrogens (tertiary/aromatic N) is 3. The number of nitrogens with one attached hydrogen (secondary N) is 2. The van der Waals surface area contributed by atoms with Crippen LogP contribution in [0.4, 0.5) is 10.8 Å². The zero-order valence-electron chi connectivity index (χ0n) is 22.5. The lowest BCUT2D eigenvalue weighted by molar-refractivity contribution is 0.0714. The van der Waals surface area contributed by atoms with E-state index in [1.54, 1.807) is 17.4 Å². The van der Waals surface area contributed by atoms with Crippen LogP contribution in [0.2, 0.25) is 0 Å². The molecule has 1 aromatic heterocycles. The lowest BCUT2D eigenvalue weighted by Crippen LogP contribution is -2.55. The van der Waals surface area contributed by atoms with Gasteiger partial charge in [0.05, 0.1) is 12.3 Å². The Balaban J connectivity index is 1.31. The minimum atomic E-state index is -0.947. The Hall–Kier alpha value is -3.27. The number of likely N-dealkylation sites (N-methyl/N-ethyl adjacent to an activating group) is 1. The molecule has 1 saturated heterocycles. The summed E-state index contributed by atoms with van der Waals surface area (Å²) in [4.78, 5) is 36.9. The van der Waals surface area contributed by atoms with Crippen LogP contribution in [0.3, 0.4) is 0 Å². The number of aromatic nitrogens is 1. The molecule has 2 aromatic carbocycles. The van der Waals surface area contributed by atoms with Crippen molar-refractivity contribution in [1.29, 1.82) is 0 Å². The van der Waals surface area contributed by atoms with Gasteiger partial charge >= 0.3 is 0 Å². The Morgan fingerprint density at radius 1 is 1.00 bits per heavy atom. The van der Waals surface area contributed by atoms with Gasteiger partial charge in [0.2, 0.25) is 0 Å². The number of thiazole rings is 1. The molecule has 0 unspecified atom stereocenters. The largest absolute Gasteiger partial charge is 0.395 e. The van der Waals surface area contributed by atoms with Gasteiger partial charge in [0.1, 0.15) is 5.54 Å². The van der Waals surface area contributed by atoms with E-state index in [1.165, 1.54) is 0 Å². The van der Waals surface area contributed by atoms with Crippen molar-refractivity contribution in [2.24, 2.45) is 0 Å². The Morgan fingerprint density at radius 3 is 2.44 bits per heavy atom. The van der Waals surface area contributed by atoms with Gasteiger partial charge in [-0.1, -0.05) is 43.5 Å². The number of ketones is 1. The zero-order chi connectivity index (χ0) is 27.2. The molecule has 3 N–H and O–H groups in total. The van der Waals surface area contributed by atoms with E-state index in [2.05, 4.69) is 32.9 Å². The van der Waals surface area contributed by atoms with Crippen molar-refractivity contribution in [3.05, 3.63) is 65.0 Å². The van der Waals surface area contributed by atoms with Crippen molar-refractivity contribution in [3.8, 4) is 11.3 Å². The number of piperazine rings is 1. The molecule has 1 saturated carbocycles. The fraction of sp³-hybridized carbons (Fsp3) is 0.433. The van der Waals surface area contributed by atoms with Crippen molar-refractivity contribution in [3.63, 3.8) is 0 Å². The van der Waals surface area contributed by atoms with Crippen molar-refractivity contribution >= 4 is 33.8 Å². The first-order chi connectivity index (χ1) is 19.0. The number of anilines is 2. The molecule has 9 heteroatoms. The number of aliphatic hydroxyl groups excluding tert-OH is 1. The Kier molecular flexibility index (Phi) is 8.60. The molecule has 0 spiro atoms. The number of para-hydroxylation sites is 1. The van der Waals surface area contributed by atoms with Crippen LogP contribution in [0.1, 0.15) is 52.8 Å². The van der Waals surface area contributed by atoms with Gasteiger partial charge in [0, 0.05) is 60.5 Å². The van der Waals surface area contributed by atoms with Gasteiger partial charge in [0.25, 0.3) is 5.91 Å². The second-order valence-electron chi connectivity index (χ2n) is 10.5. The summed E-state index contributed by atoms with van der Waals surface area (Å²) in [7, 11) is 2.14. The van der Waals surface area contributed by atoms with Gasteiger partial charge in [-0.2, -0.15) is 0 Å². The molecule has 1 amide bonds. The standard InChI is InChI=1S/C30H37N5O3S/c1-34-16-18-35(19-17-34)29-32-26(21-39-29)22-9-11-23(12-10-22)28(38)33-30(13-5-2-6-14-30)27(37)24-7-3-4-8-25(24)31-15-20-36/h3-4,7-12,21,31,36H,2,5-6,13-20H2,1H3,(H,33,38). The molecule has 39 heavy (non-hydrogen) atoms. The third kappa shape index (κ3) is 6.16. The minimum Gasteiger partial charge on any atom is -0.395 e. The SMILES string of the molecule is CN1CCN(c2nc(-c3ccc(C(=O)NC4(C(=O)c5ccccc5NCCO)CCCCC4)cc3)cs2)CC1. The second-order valence-corrected chi connectivity index (χ2v) is 11.3. The summed E-state index contributed by atoms with van der Waals surface area (Å²) in [5, 5.41) is 18.6. The van der Waals surface area contributed by atoms with E-state index in [0.717, 1.165) is 61.8 Å². The van der Waals surface area contributed by atoms with Crippen LogP contribution in [-0.2, 0) is 0 Å². The van der Waals surface area contributed by atoms with Gasteiger partial charge in [-0.05, 0) is 44.2 Å². The highest BCUT2D eigenvalue weighted by atomic mass is 32.1. The van der Waals surface area contributed by atoms with Crippen molar-refractivity contribution in [2.45, 2.75) is 37.6 Å². The minimum absolute atomic E-state index is 0.0293.